The van der Waals surface area contributed by atoms with Crippen molar-refractivity contribution in [1.82, 2.24) is 5.48 Å². The maximum atomic E-state index is 11.4. The van der Waals surface area contributed by atoms with E-state index < -0.39 is 23.8 Å². The first-order valence-electron chi connectivity index (χ1n) is 5.72. The Labute approximate surface area is 111 Å². The molecule has 0 fully saturated rings. The number of nitrogens with one attached hydrogen (secondary N) is 1. The Morgan fingerprint density at radius 3 is 2.26 bits per heavy atom. The molecule has 0 bridgehead atoms. The van der Waals surface area contributed by atoms with Gasteiger partial charge >= 0.3 is 12.1 Å². The zero-order chi connectivity index (χ0) is 14.5. The van der Waals surface area contributed by atoms with E-state index in [1.165, 1.54) is 0 Å². The fourth-order valence-corrected chi connectivity index (χ4v) is 1.29. The Hall–Kier alpha value is -2.08. The Balaban J connectivity index is 2.62. The minimum atomic E-state index is -1.28. The van der Waals surface area contributed by atoms with E-state index in [0.717, 1.165) is 0 Å². The smallest absolute Gasteiger partial charge is 0.431 e. The molecule has 6 nitrogen and oxygen atoms in total. The van der Waals surface area contributed by atoms with Crippen LogP contribution in [0.5, 0.6) is 0 Å². The third-order valence-electron chi connectivity index (χ3n) is 1.99. The highest BCUT2D eigenvalue weighted by Gasteiger charge is 2.23. The molecule has 1 unspecified atom stereocenters. The SMILES string of the molecule is CC(C)(C)OC(=O)NOC(C(=O)O)c1ccccc1. The van der Waals surface area contributed by atoms with Gasteiger partial charge in [0.2, 0.25) is 6.10 Å². The second-order valence-electron chi connectivity index (χ2n) is 4.85. The molecule has 0 spiro atoms. The van der Waals surface area contributed by atoms with Gasteiger partial charge in [0.15, 0.2) is 0 Å². The van der Waals surface area contributed by atoms with Crippen LogP contribution in [0.2, 0.25) is 0 Å². The fourth-order valence-electron chi connectivity index (χ4n) is 1.29. The molecule has 104 valence electrons. The van der Waals surface area contributed by atoms with Crippen molar-refractivity contribution in [3.05, 3.63) is 35.9 Å². The number of hydroxylamine groups is 1. The predicted molar refractivity (Wildman–Crippen MR) is 67.3 cm³/mol. The van der Waals surface area contributed by atoms with Crippen LogP contribution < -0.4 is 5.48 Å². The van der Waals surface area contributed by atoms with Crippen LogP contribution in [0.15, 0.2) is 30.3 Å². The van der Waals surface area contributed by atoms with Gasteiger partial charge in [-0.15, -0.1) is 0 Å². The van der Waals surface area contributed by atoms with E-state index in [2.05, 4.69) is 0 Å². The Morgan fingerprint density at radius 2 is 1.79 bits per heavy atom. The van der Waals surface area contributed by atoms with Crippen LogP contribution in [0.4, 0.5) is 4.79 Å². The summed E-state index contributed by atoms with van der Waals surface area (Å²) in [6, 6.07) is 8.30. The van der Waals surface area contributed by atoms with Crippen molar-refractivity contribution in [3.8, 4) is 0 Å². The first-order valence-corrected chi connectivity index (χ1v) is 5.72. The van der Waals surface area contributed by atoms with Gasteiger partial charge in [-0.1, -0.05) is 30.3 Å². The molecule has 0 radical (unpaired) electrons. The molecule has 1 rings (SSSR count). The average Bonchev–Trinajstić information content (AvgIpc) is 2.27. The molecule has 19 heavy (non-hydrogen) atoms. The second kappa shape index (κ2) is 6.19. The number of benzene rings is 1. The number of carbonyl (C=O) groups is 2. The van der Waals surface area contributed by atoms with Gasteiger partial charge in [-0.2, -0.15) is 5.48 Å². The van der Waals surface area contributed by atoms with Crippen molar-refractivity contribution in [2.24, 2.45) is 0 Å². The number of carboxylic acids is 1. The van der Waals surface area contributed by atoms with Crippen LogP contribution >= 0.6 is 0 Å². The fraction of sp³-hybridized carbons (Fsp3) is 0.385. The lowest BCUT2D eigenvalue weighted by atomic mass is 10.1. The van der Waals surface area contributed by atoms with E-state index in [-0.39, 0.29) is 0 Å². The van der Waals surface area contributed by atoms with E-state index >= 15 is 0 Å². The summed E-state index contributed by atoms with van der Waals surface area (Å²) in [6.07, 6.45) is -2.12. The minimum absolute atomic E-state index is 0.422. The van der Waals surface area contributed by atoms with Gasteiger partial charge in [0.25, 0.3) is 0 Å². The predicted octanol–water partition coefficient (Wildman–Crippen LogP) is 2.27. The summed E-state index contributed by atoms with van der Waals surface area (Å²) in [5.41, 5.74) is 1.72. The number of carboxylic acid groups (broad SMARTS) is 1. The standard InChI is InChI=1S/C13H17NO5/c1-13(2,3)18-12(17)14-19-10(11(15)16)9-7-5-4-6-8-9/h4-8,10H,1-3H3,(H,14,17)(H,15,16). The van der Waals surface area contributed by atoms with Crippen molar-refractivity contribution >= 4 is 12.1 Å². The normalized spacial score (nSPS) is 12.6. The van der Waals surface area contributed by atoms with Gasteiger partial charge in [-0.05, 0) is 26.3 Å². The summed E-state index contributed by atoms with van der Waals surface area (Å²) in [7, 11) is 0. The summed E-state index contributed by atoms with van der Waals surface area (Å²) in [6.45, 7) is 5.08. The maximum absolute atomic E-state index is 11.4. The van der Waals surface area contributed by atoms with Crippen LogP contribution in [-0.4, -0.2) is 22.8 Å². The number of rotatable bonds is 4. The van der Waals surface area contributed by atoms with E-state index in [1.807, 2.05) is 5.48 Å². The number of ether oxygens (including phenoxy) is 1. The van der Waals surface area contributed by atoms with Crippen LogP contribution in [0.3, 0.4) is 0 Å². The molecule has 0 aliphatic carbocycles. The van der Waals surface area contributed by atoms with Crippen molar-refractivity contribution < 1.29 is 24.3 Å². The summed E-state index contributed by atoms with van der Waals surface area (Å²) >= 11 is 0. The lowest BCUT2D eigenvalue weighted by molar-refractivity contribution is -0.155. The van der Waals surface area contributed by atoms with Gasteiger partial charge in [-0.25, -0.2) is 9.59 Å². The zero-order valence-electron chi connectivity index (χ0n) is 11.0. The molecule has 0 aromatic heterocycles. The number of hydrogen-bond acceptors (Lipinski definition) is 4. The highest BCUT2D eigenvalue weighted by atomic mass is 16.7. The summed E-state index contributed by atoms with van der Waals surface area (Å²) < 4.78 is 4.94. The van der Waals surface area contributed by atoms with E-state index in [9.17, 15) is 9.59 Å². The maximum Gasteiger partial charge on any atom is 0.431 e. The van der Waals surface area contributed by atoms with Crippen molar-refractivity contribution in [1.29, 1.82) is 0 Å². The van der Waals surface area contributed by atoms with Gasteiger partial charge < -0.3 is 9.84 Å². The molecule has 2 N–H and O–H groups in total. The first kappa shape index (κ1) is 15.0. The lowest BCUT2D eigenvalue weighted by Crippen LogP contribution is -2.34. The molecule has 0 aliphatic rings. The Morgan fingerprint density at radius 1 is 1.21 bits per heavy atom. The number of carbonyl (C=O) groups excluding carboxylic acids is 1. The molecule has 1 aromatic carbocycles. The molecule has 1 amide bonds. The number of hydrogen-bond donors (Lipinski definition) is 2. The zero-order valence-corrected chi connectivity index (χ0v) is 11.0. The third-order valence-corrected chi connectivity index (χ3v) is 1.99. The minimum Gasteiger partial charge on any atom is -0.479 e. The topological polar surface area (TPSA) is 84.9 Å². The average molecular weight is 267 g/mol. The van der Waals surface area contributed by atoms with Gasteiger partial charge in [0, 0.05) is 0 Å². The Kier molecular flexibility index (Phi) is 4.88. The van der Waals surface area contributed by atoms with E-state index in [4.69, 9.17) is 14.7 Å². The number of amides is 1. The van der Waals surface area contributed by atoms with Crippen molar-refractivity contribution in [3.63, 3.8) is 0 Å². The summed E-state index contributed by atoms with van der Waals surface area (Å²) in [4.78, 5) is 27.3. The largest absolute Gasteiger partial charge is 0.479 e. The van der Waals surface area contributed by atoms with Crippen LogP contribution in [0, 0.1) is 0 Å². The molecule has 1 aromatic rings. The van der Waals surface area contributed by atoms with E-state index in [0.29, 0.717) is 5.56 Å². The Bertz CT molecular complexity index is 438. The highest BCUT2D eigenvalue weighted by Crippen LogP contribution is 2.16. The monoisotopic (exact) mass is 267 g/mol. The van der Waals surface area contributed by atoms with Crippen LogP contribution in [0.1, 0.15) is 32.4 Å². The van der Waals surface area contributed by atoms with Gasteiger partial charge in [-0.3, -0.25) is 4.84 Å². The molecule has 0 saturated carbocycles. The van der Waals surface area contributed by atoms with Crippen molar-refractivity contribution in [2.75, 3.05) is 0 Å². The van der Waals surface area contributed by atoms with Crippen LogP contribution in [0.25, 0.3) is 0 Å². The third kappa shape index (κ3) is 5.39. The van der Waals surface area contributed by atoms with E-state index in [1.54, 1.807) is 51.1 Å². The quantitative estimate of drug-likeness (QED) is 0.817. The van der Waals surface area contributed by atoms with Crippen LogP contribution in [-0.2, 0) is 14.4 Å². The summed E-state index contributed by atoms with van der Waals surface area (Å²) in [5.74, 6) is -1.21. The number of aliphatic carboxylic acids is 1. The molecule has 0 heterocycles. The molecular formula is C13H17NO5. The lowest BCUT2D eigenvalue weighted by Gasteiger charge is -2.20. The van der Waals surface area contributed by atoms with Gasteiger partial charge in [0.05, 0.1) is 0 Å². The second-order valence-corrected chi connectivity index (χ2v) is 4.85. The first-order chi connectivity index (χ1) is 8.79. The van der Waals surface area contributed by atoms with Crippen molar-refractivity contribution in [2.45, 2.75) is 32.5 Å². The molecule has 6 heteroatoms. The molecule has 0 saturated heterocycles. The molecular weight excluding hydrogens is 250 g/mol. The molecule has 1 atom stereocenters. The molecule has 0 aliphatic heterocycles. The summed E-state index contributed by atoms with van der Waals surface area (Å²) in [5, 5.41) is 9.06. The van der Waals surface area contributed by atoms with Gasteiger partial charge in [0.1, 0.15) is 5.60 Å². The highest BCUT2D eigenvalue weighted by molar-refractivity contribution is 5.75.